The Morgan fingerprint density at radius 3 is 2.75 bits per heavy atom. The summed E-state index contributed by atoms with van der Waals surface area (Å²) >= 11 is 0. The number of hydrogen-bond acceptors (Lipinski definition) is 2. The van der Waals surface area contributed by atoms with E-state index in [2.05, 4.69) is 53.8 Å². The van der Waals surface area contributed by atoms with Gasteiger partial charge in [-0.1, -0.05) is 48.5 Å². The van der Waals surface area contributed by atoms with Gasteiger partial charge in [-0.2, -0.15) is 0 Å². The standard InChI is InChI=1S/C18H21NO/c1-19-18-13-20-10-9-16-8-7-15(12-17(16)18)11-14-5-3-2-4-6-14/h2-8,12,18-19H,9-11,13H2,1H3. The van der Waals surface area contributed by atoms with Crippen LogP contribution in [0.4, 0.5) is 0 Å². The molecule has 0 bridgehead atoms. The summed E-state index contributed by atoms with van der Waals surface area (Å²) in [5.41, 5.74) is 5.55. The molecule has 1 heterocycles. The van der Waals surface area contributed by atoms with Crippen LogP contribution in [0.1, 0.15) is 28.3 Å². The van der Waals surface area contributed by atoms with Crippen LogP contribution in [-0.2, 0) is 17.6 Å². The number of likely N-dealkylation sites (N-methyl/N-ethyl adjacent to an activating group) is 1. The van der Waals surface area contributed by atoms with Crippen molar-refractivity contribution in [3.63, 3.8) is 0 Å². The van der Waals surface area contributed by atoms with Gasteiger partial charge < -0.3 is 10.1 Å². The Hall–Kier alpha value is -1.64. The van der Waals surface area contributed by atoms with Crippen molar-refractivity contribution in [1.29, 1.82) is 0 Å². The number of nitrogens with one attached hydrogen (secondary N) is 1. The lowest BCUT2D eigenvalue weighted by Gasteiger charge is -2.17. The molecule has 2 aromatic carbocycles. The predicted octanol–water partition coefficient (Wildman–Crippen LogP) is 3.11. The van der Waals surface area contributed by atoms with Gasteiger partial charge in [0.1, 0.15) is 0 Å². The first-order valence-corrected chi connectivity index (χ1v) is 7.27. The van der Waals surface area contributed by atoms with Crippen LogP contribution in [0.15, 0.2) is 48.5 Å². The van der Waals surface area contributed by atoms with Gasteiger partial charge in [-0.15, -0.1) is 0 Å². The molecule has 0 fully saturated rings. The molecule has 1 atom stereocenters. The summed E-state index contributed by atoms with van der Waals surface area (Å²) in [6.45, 7) is 1.58. The Bertz CT molecular complexity index is 565. The van der Waals surface area contributed by atoms with Crippen LogP contribution < -0.4 is 5.32 Å². The van der Waals surface area contributed by atoms with E-state index >= 15 is 0 Å². The lowest BCUT2D eigenvalue weighted by molar-refractivity contribution is 0.123. The third kappa shape index (κ3) is 2.92. The third-order valence-electron chi connectivity index (χ3n) is 3.99. The first kappa shape index (κ1) is 13.3. The number of rotatable bonds is 3. The van der Waals surface area contributed by atoms with Gasteiger partial charge in [0.15, 0.2) is 0 Å². The van der Waals surface area contributed by atoms with Crippen LogP contribution in [0.3, 0.4) is 0 Å². The molecule has 0 aromatic heterocycles. The molecule has 2 nitrogen and oxygen atoms in total. The Balaban J connectivity index is 1.89. The molecule has 0 spiro atoms. The van der Waals surface area contributed by atoms with Gasteiger partial charge in [-0.25, -0.2) is 0 Å². The number of hydrogen-bond donors (Lipinski definition) is 1. The minimum absolute atomic E-state index is 0.309. The maximum Gasteiger partial charge on any atom is 0.0661 e. The third-order valence-corrected chi connectivity index (χ3v) is 3.99. The highest BCUT2D eigenvalue weighted by Crippen LogP contribution is 2.24. The fourth-order valence-electron chi connectivity index (χ4n) is 2.85. The molecule has 2 aromatic rings. The fraction of sp³-hybridized carbons (Fsp3) is 0.333. The number of fused-ring (bicyclic) bond motifs is 1. The van der Waals surface area contributed by atoms with Crippen molar-refractivity contribution in [3.8, 4) is 0 Å². The Morgan fingerprint density at radius 1 is 1.10 bits per heavy atom. The van der Waals surface area contributed by atoms with Gasteiger partial charge in [0.2, 0.25) is 0 Å². The van der Waals surface area contributed by atoms with Crippen molar-refractivity contribution in [2.24, 2.45) is 0 Å². The highest BCUT2D eigenvalue weighted by Gasteiger charge is 2.17. The van der Waals surface area contributed by atoms with Crippen LogP contribution in [0.5, 0.6) is 0 Å². The van der Waals surface area contributed by atoms with Gasteiger partial charge in [0.25, 0.3) is 0 Å². The van der Waals surface area contributed by atoms with Gasteiger partial charge in [0, 0.05) is 0 Å². The molecule has 0 amide bonds. The first-order chi connectivity index (χ1) is 9.86. The smallest absolute Gasteiger partial charge is 0.0661 e. The van der Waals surface area contributed by atoms with Crippen molar-refractivity contribution in [2.45, 2.75) is 18.9 Å². The normalized spacial score (nSPS) is 18.4. The minimum Gasteiger partial charge on any atom is -0.379 e. The van der Waals surface area contributed by atoms with Crippen LogP contribution in [-0.4, -0.2) is 20.3 Å². The van der Waals surface area contributed by atoms with Crippen molar-refractivity contribution in [2.75, 3.05) is 20.3 Å². The van der Waals surface area contributed by atoms with E-state index in [0.717, 1.165) is 26.1 Å². The molecule has 0 saturated heterocycles. The van der Waals surface area contributed by atoms with E-state index in [4.69, 9.17) is 4.74 Å². The SMILES string of the molecule is CNC1COCCc2ccc(Cc3ccccc3)cc21. The van der Waals surface area contributed by atoms with Crippen molar-refractivity contribution in [3.05, 3.63) is 70.8 Å². The summed E-state index contributed by atoms with van der Waals surface area (Å²) in [5, 5.41) is 3.37. The highest BCUT2D eigenvalue weighted by atomic mass is 16.5. The largest absolute Gasteiger partial charge is 0.379 e. The summed E-state index contributed by atoms with van der Waals surface area (Å²) < 4.78 is 5.68. The van der Waals surface area contributed by atoms with Crippen molar-refractivity contribution >= 4 is 0 Å². The quantitative estimate of drug-likeness (QED) is 0.922. The monoisotopic (exact) mass is 267 g/mol. The van der Waals surface area contributed by atoms with E-state index in [9.17, 15) is 0 Å². The fourth-order valence-corrected chi connectivity index (χ4v) is 2.85. The van der Waals surface area contributed by atoms with Gasteiger partial charge >= 0.3 is 0 Å². The van der Waals surface area contributed by atoms with Crippen molar-refractivity contribution in [1.82, 2.24) is 5.32 Å². The predicted molar refractivity (Wildman–Crippen MR) is 82.0 cm³/mol. The lowest BCUT2D eigenvalue weighted by Crippen LogP contribution is -2.21. The molecule has 1 unspecified atom stereocenters. The zero-order valence-corrected chi connectivity index (χ0v) is 11.9. The van der Waals surface area contributed by atoms with Crippen molar-refractivity contribution < 1.29 is 4.74 Å². The maximum absolute atomic E-state index is 5.68. The molecule has 104 valence electrons. The molecular formula is C18H21NO. The van der Waals surface area contributed by atoms with Gasteiger partial charge in [0.05, 0.1) is 19.3 Å². The molecule has 1 aliphatic heterocycles. The average Bonchev–Trinajstić information content (AvgIpc) is 2.70. The van der Waals surface area contributed by atoms with E-state index in [-0.39, 0.29) is 0 Å². The van der Waals surface area contributed by atoms with E-state index in [1.165, 1.54) is 22.3 Å². The molecule has 0 aliphatic carbocycles. The summed E-state index contributed by atoms with van der Waals surface area (Å²) in [6, 6.07) is 17.8. The Kier molecular flexibility index (Phi) is 4.14. The molecule has 0 radical (unpaired) electrons. The second kappa shape index (κ2) is 6.21. The average molecular weight is 267 g/mol. The molecule has 1 aliphatic rings. The van der Waals surface area contributed by atoms with Crippen LogP contribution in [0.25, 0.3) is 0 Å². The maximum atomic E-state index is 5.68. The second-order valence-corrected chi connectivity index (χ2v) is 5.36. The molecule has 2 heteroatoms. The summed E-state index contributed by atoms with van der Waals surface area (Å²) in [7, 11) is 2.01. The molecular weight excluding hydrogens is 246 g/mol. The van der Waals surface area contributed by atoms with E-state index in [1.807, 2.05) is 7.05 Å². The van der Waals surface area contributed by atoms with E-state index < -0.39 is 0 Å². The second-order valence-electron chi connectivity index (χ2n) is 5.36. The van der Waals surface area contributed by atoms with Crippen LogP contribution in [0.2, 0.25) is 0 Å². The van der Waals surface area contributed by atoms with E-state index in [1.54, 1.807) is 0 Å². The minimum atomic E-state index is 0.309. The molecule has 3 rings (SSSR count). The number of ether oxygens (including phenoxy) is 1. The Morgan fingerprint density at radius 2 is 1.95 bits per heavy atom. The van der Waals surface area contributed by atoms with Gasteiger partial charge in [-0.05, 0) is 42.1 Å². The lowest BCUT2D eigenvalue weighted by atomic mass is 9.94. The summed E-state index contributed by atoms with van der Waals surface area (Å²) in [5.74, 6) is 0. The highest BCUT2D eigenvalue weighted by molar-refractivity contribution is 5.37. The zero-order chi connectivity index (χ0) is 13.8. The molecule has 20 heavy (non-hydrogen) atoms. The topological polar surface area (TPSA) is 21.3 Å². The molecule has 0 saturated carbocycles. The first-order valence-electron chi connectivity index (χ1n) is 7.27. The van der Waals surface area contributed by atoms with Crippen LogP contribution in [0, 0.1) is 0 Å². The Labute approximate surface area is 120 Å². The zero-order valence-electron chi connectivity index (χ0n) is 11.9. The van der Waals surface area contributed by atoms with Crippen LogP contribution >= 0.6 is 0 Å². The molecule has 1 N–H and O–H groups in total. The van der Waals surface area contributed by atoms with E-state index in [0.29, 0.717) is 6.04 Å². The summed E-state index contributed by atoms with van der Waals surface area (Å²) in [6.07, 6.45) is 2.00. The summed E-state index contributed by atoms with van der Waals surface area (Å²) in [4.78, 5) is 0. The van der Waals surface area contributed by atoms with Gasteiger partial charge in [-0.3, -0.25) is 0 Å². The number of benzene rings is 2.